The zero-order valence-corrected chi connectivity index (χ0v) is 12.7. The second-order valence-corrected chi connectivity index (χ2v) is 5.18. The van der Waals surface area contributed by atoms with Gasteiger partial charge in [-0.15, -0.1) is 0 Å². The van der Waals surface area contributed by atoms with Crippen molar-refractivity contribution >= 4 is 33.3 Å². The third-order valence-corrected chi connectivity index (χ3v) is 3.30. The number of anilines is 3. The molecular weight excluding hydrogens is 304 g/mol. The molecule has 1 aromatic heterocycles. The van der Waals surface area contributed by atoms with E-state index in [9.17, 15) is 0 Å². The van der Waals surface area contributed by atoms with Gasteiger partial charge in [-0.1, -0.05) is 13.0 Å². The lowest BCUT2D eigenvalue weighted by Gasteiger charge is -2.10. The molecule has 0 aliphatic carbocycles. The molecule has 0 aliphatic heterocycles. The van der Waals surface area contributed by atoms with Crippen molar-refractivity contribution < 1.29 is 0 Å². The van der Waals surface area contributed by atoms with Crippen LogP contribution in [-0.4, -0.2) is 16.5 Å². The minimum Gasteiger partial charge on any atom is -0.370 e. The number of nitrogens with zero attached hydrogens (tertiary/aromatic N) is 2. The summed E-state index contributed by atoms with van der Waals surface area (Å²) in [6.45, 7) is 5.09. The number of aromatic nitrogens is 2. The lowest BCUT2D eigenvalue weighted by atomic mass is 10.2. The first kappa shape index (κ1) is 13.8. The molecule has 5 heteroatoms. The fraction of sp³-hybridized carbons (Fsp3) is 0.286. The summed E-state index contributed by atoms with van der Waals surface area (Å²) in [6.07, 6.45) is 2.63. The van der Waals surface area contributed by atoms with Crippen LogP contribution in [0.25, 0.3) is 0 Å². The maximum Gasteiger partial charge on any atom is 0.135 e. The Hall–Kier alpha value is -1.62. The van der Waals surface area contributed by atoms with Gasteiger partial charge in [0.05, 0.1) is 5.69 Å². The van der Waals surface area contributed by atoms with E-state index in [1.165, 1.54) is 5.56 Å². The van der Waals surface area contributed by atoms with Crippen LogP contribution >= 0.6 is 15.9 Å². The summed E-state index contributed by atoms with van der Waals surface area (Å²) in [5.74, 6) is 1.61. The van der Waals surface area contributed by atoms with E-state index in [2.05, 4.69) is 62.5 Å². The van der Waals surface area contributed by atoms with Crippen molar-refractivity contribution in [2.45, 2.75) is 20.3 Å². The Morgan fingerprint density at radius 3 is 2.74 bits per heavy atom. The van der Waals surface area contributed by atoms with Crippen LogP contribution in [-0.2, 0) is 0 Å². The molecule has 2 aromatic rings. The second kappa shape index (κ2) is 6.52. The first-order chi connectivity index (χ1) is 9.19. The molecule has 4 nitrogen and oxygen atoms in total. The highest BCUT2D eigenvalue weighted by Gasteiger charge is 2.03. The van der Waals surface area contributed by atoms with Crippen molar-refractivity contribution in [2.75, 3.05) is 17.2 Å². The van der Waals surface area contributed by atoms with Crippen LogP contribution in [0.4, 0.5) is 17.3 Å². The molecule has 1 aromatic carbocycles. The standard InChI is InChI=1S/C14H17BrN4/c1-3-6-16-13-8-14(18-9-17-13)19-12-7-10(2)4-5-11(12)15/h4-5,7-9H,3,6H2,1-2H3,(H2,16,17,18,19). The highest BCUT2D eigenvalue weighted by Crippen LogP contribution is 2.26. The van der Waals surface area contributed by atoms with Crippen molar-refractivity contribution in [1.82, 2.24) is 9.97 Å². The molecule has 0 spiro atoms. The smallest absolute Gasteiger partial charge is 0.135 e. The summed E-state index contributed by atoms with van der Waals surface area (Å²) in [6, 6.07) is 8.06. The molecule has 0 aliphatic rings. The van der Waals surface area contributed by atoms with Crippen LogP contribution in [0.5, 0.6) is 0 Å². The van der Waals surface area contributed by atoms with Gasteiger partial charge >= 0.3 is 0 Å². The Morgan fingerprint density at radius 2 is 1.95 bits per heavy atom. The molecule has 19 heavy (non-hydrogen) atoms. The minimum absolute atomic E-state index is 0.778. The molecule has 100 valence electrons. The predicted octanol–water partition coefficient (Wildman–Crippen LogP) is 4.11. The van der Waals surface area contributed by atoms with Crippen LogP contribution in [0.2, 0.25) is 0 Å². The van der Waals surface area contributed by atoms with Gasteiger partial charge in [-0.25, -0.2) is 9.97 Å². The summed E-state index contributed by atoms with van der Waals surface area (Å²) < 4.78 is 1.01. The molecule has 2 rings (SSSR count). The molecule has 0 saturated carbocycles. The molecule has 2 N–H and O–H groups in total. The normalized spacial score (nSPS) is 10.3. The molecule has 0 amide bonds. The summed E-state index contributed by atoms with van der Waals surface area (Å²) in [5, 5.41) is 6.54. The molecule has 0 saturated heterocycles. The van der Waals surface area contributed by atoms with E-state index in [0.717, 1.165) is 34.8 Å². The first-order valence-corrected chi connectivity index (χ1v) is 7.07. The first-order valence-electron chi connectivity index (χ1n) is 6.28. The Kier molecular flexibility index (Phi) is 4.74. The van der Waals surface area contributed by atoms with Crippen LogP contribution < -0.4 is 10.6 Å². The van der Waals surface area contributed by atoms with Gasteiger partial charge in [0.1, 0.15) is 18.0 Å². The maximum atomic E-state index is 4.23. The number of nitrogens with one attached hydrogen (secondary N) is 2. The van der Waals surface area contributed by atoms with E-state index < -0.39 is 0 Å². The van der Waals surface area contributed by atoms with Crippen LogP contribution in [0.15, 0.2) is 35.1 Å². The monoisotopic (exact) mass is 320 g/mol. The summed E-state index contributed by atoms with van der Waals surface area (Å²) in [7, 11) is 0. The van der Waals surface area contributed by atoms with Gasteiger partial charge in [0.25, 0.3) is 0 Å². The predicted molar refractivity (Wildman–Crippen MR) is 83.0 cm³/mol. The number of aryl methyl sites for hydroxylation is 1. The van der Waals surface area contributed by atoms with E-state index in [4.69, 9.17) is 0 Å². The Morgan fingerprint density at radius 1 is 1.16 bits per heavy atom. The quantitative estimate of drug-likeness (QED) is 0.870. The van der Waals surface area contributed by atoms with Crippen LogP contribution in [0.3, 0.4) is 0 Å². The third-order valence-electron chi connectivity index (χ3n) is 2.61. The molecule has 1 heterocycles. The molecule has 0 atom stereocenters. The van der Waals surface area contributed by atoms with Crippen molar-refractivity contribution in [1.29, 1.82) is 0 Å². The van der Waals surface area contributed by atoms with Crippen LogP contribution in [0.1, 0.15) is 18.9 Å². The SMILES string of the molecule is CCCNc1cc(Nc2cc(C)ccc2Br)ncn1. The van der Waals surface area contributed by atoms with Gasteiger partial charge in [0.2, 0.25) is 0 Å². The largest absolute Gasteiger partial charge is 0.370 e. The van der Waals surface area contributed by atoms with Crippen molar-refractivity contribution in [2.24, 2.45) is 0 Å². The zero-order chi connectivity index (χ0) is 13.7. The van der Waals surface area contributed by atoms with Gasteiger partial charge in [0.15, 0.2) is 0 Å². The zero-order valence-electron chi connectivity index (χ0n) is 11.1. The van der Waals surface area contributed by atoms with Gasteiger partial charge in [-0.05, 0) is 47.0 Å². The minimum atomic E-state index is 0.778. The lowest BCUT2D eigenvalue weighted by molar-refractivity contribution is 0.965. The van der Waals surface area contributed by atoms with Gasteiger partial charge in [0, 0.05) is 17.1 Å². The van der Waals surface area contributed by atoms with Crippen LogP contribution in [0, 0.1) is 6.92 Å². The van der Waals surface area contributed by atoms with E-state index in [0.29, 0.717) is 0 Å². The highest BCUT2D eigenvalue weighted by molar-refractivity contribution is 9.10. The van der Waals surface area contributed by atoms with Gasteiger partial charge in [-0.2, -0.15) is 0 Å². The number of rotatable bonds is 5. The highest BCUT2D eigenvalue weighted by atomic mass is 79.9. The fourth-order valence-corrected chi connectivity index (χ4v) is 1.99. The molecule has 0 unspecified atom stereocenters. The third kappa shape index (κ3) is 3.92. The lowest BCUT2D eigenvalue weighted by Crippen LogP contribution is -2.03. The average molecular weight is 321 g/mol. The van der Waals surface area contributed by atoms with E-state index >= 15 is 0 Å². The summed E-state index contributed by atoms with van der Waals surface area (Å²) in [5.41, 5.74) is 2.20. The fourth-order valence-electron chi connectivity index (χ4n) is 1.65. The summed E-state index contributed by atoms with van der Waals surface area (Å²) in [4.78, 5) is 8.42. The number of hydrogen-bond acceptors (Lipinski definition) is 4. The van der Waals surface area contributed by atoms with E-state index in [1.807, 2.05) is 12.1 Å². The second-order valence-electron chi connectivity index (χ2n) is 4.32. The van der Waals surface area contributed by atoms with Gasteiger partial charge in [-0.3, -0.25) is 0 Å². The number of hydrogen-bond donors (Lipinski definition) is 2. The molecule has 0 radical (unpaired) electrons. The van der Waals surface area contributed by atoms with E-state index in [-0.39, 0.29) is 0 Å². The van der Waals surface area contributed by atoms with Crippen molar-refractivity contribution in [3.63, 3.8) is 0 Å². The Labute approximate surface area is 121 Å². The number of halogens is 1. The molecular formula is C14H17BrN4. The maximum absolute atomic E-state index is 4.23. The summed E-state index contributed by atoms with van der Waals surface area (Å²) >= 11 is 3.53. The van der Waals surface area contributed by atoms with Gasteiger partial charge < -0.3 is 10.6 Å². The Balaban J connectivity index is 2.16. The van der Waals surface area contributed by atoms with Crippen molar-refractivity contribution in [3.05, 3.63) is 40.6 Å². The Bertz CT molecular complexity index is 557. The molecule has 0 bridgehead atoms. The molecule has 0 fully saturated rings. The average Bonchev–Trinajstić information content (AvgIpc) is 2.41. The van der Waals surface area contributed by atoms with Crippen molar-refractivity contribution in [3.8, 4) is 0 Å². The topological polar surface area (TPSA) is 49.8 Å². The van der Waals surface area contributed by atoms with E-state index in [1.54, 1.807) is 6.33 Å². The number of benzene rings is 1.